The predicted octanol–water partition coefficient (Wildman–Crippen LogP) is 5.74. The van der Waals surface area contributed by atoms with Crippen LogP contribution in [0.15, 0.2) is 48.5 Å². The standard InChI is InChI=1S/C24H21FN4/c1-4-17-5-8-21(9-6-17)29-15(2)11-18(16(29)3)12-19(14-26)24-27-22-10-7-20(25)13-23(22)28-24/h5-13H,4H2,1-3H3,(H,27,28)/b19-12-. The fourth-order valence-electron chi connectivity index (χ4n) is 3.63. The Morgan fingerprint density at radius 1 is 1.17 bits per heavy atom. The van der Waals surface area contributed by atoms with Gasteiger partial charge in [-0.05, 0) is 73.9 Å². The summed E-state index contributed by atoms with van der Waals surface area (Å²) in [5.41, 5.74) is 7.07. The van der Waals surface area contributed by atoms with E-state index in [4.69, 9.17) is 0 Å². The number of hydrogen-bond donors (Lipinski definition) is 1. The van der Waals surface area contributed by atoms with Gasteiger partial charge in [0.15, 0.2) is 0 Å². The van der Waals surface area contributed by atoms with E-state index < -0.39 is 0 Å². The zero-order valence-electron chi connectivity index (χ0n) is 16.6. The van der Waals surface area contributed by atoms with E-state index in [0.717, 1.165) is 29.1 Å². The van der Waals surface area contributed by atoms with Crippen LogP contribution in [0.2, 0.25) is 0 Å². The van der Waals surface area contributed by atoms with E-state index in [2.05, 4.69) is 57.9 Å². The van der Waals surface area contributed by atoms with Crippen LogP contribution in [0, 0.1) is 31.0 Å². The molecule has 0 unspecified atom stereocenters. The third kappa shape index (κ3) is 3.45. The van der Waals surface area contributed by atoms with E-state index >= 15 is 0 Å². The first-order chi connectivity index (χ1) is 14.0. The molecule has 0 radical (unpaired) electrons. The number of rotatable bonds is 4. The number of aryl methyl sites for hydroxylation is 2. The number of H-pyrrole nitrogens is 1. The third-order valence-corrected chi connectivity index (χ3v) is 5.19. The number of nitrogens with one attached hydrogen (secondary N) is 1. The van der Waals surface area contributed by atoms with Gasteiger partial charge in [-0.3, -0.25) is 0 Å². The Labute approximate surface area is 168 Å². The summed E-state index contributed by atoms with van der Waals surface area (Å²) in [5.74, 6) is 0.0954. The number of allylic oxidation sites excluding steroid dienone is 1. The first-order valence-electron chi connectivity index (χ1n) is 9.56. The molecule has 4 aromatic rings. The molecular formula is C24H21FN4. The highest BCUT2D eigenvalue weighted by atomic mass is 19.1. The van der Waals surface area contributed by atoms with Crippen LogP contribution in [-0.2, 0) is 6.42 Å². The lowest BCUT2D eigenvalue weighted by atomic mass is 10.1. The van der Waals surface area contributed by atoms with Gasteiger partial charge in [0.1, 0.15) is 17.7 Å². The quantitative estimate of drug-likeness (QED) is 0.456. The Morgan fingerprint density at radius 2 is 1.93 bits per heavy atom. The minimum Gasteiger partial charge on any atom is -0.337 e. The molecular weight excluding hydrogens is 363 g/mol. The van der Waals surface area contributed by atoms with Crippen molar-refractivity contribution in [3.8, 4) is 11.8 Å². The number of aromatic amines is 1. The van der Waals surface area contributed by atoms with Crippen molar-refractivity contribution < 1.29 is 4.39 Å². The van der Waals surface area contributed by atoms with Crippen molar-refractivity contribution in [1.29, 1.82) is 5.26 Å². The molecule has 0 amide bonds. The topological polar surface area (TPSA) is 57.4 Å². The first-order valence-corrected chi connectivity index (χ1v) is 9.56. The van der Waals surface area contributed by atoms with E-state index in [-0.39, 0.29) is 5.82 Å². The Bertz CT molecular complexity index is 1270. The van der Waals surface area contributed by atoms with Crippen LogP contribution in [0.4, 0.5) is 4.39 Å². The predicted molar refractivity (Wildman–Crippen MR) is 114 cm³/mol. The molecule has 4 nitrogen and oxygen atoms in total. The molecule has 2 aromatic carbocycles. The highest BCUT2D eigenvalue weighted by Crippen LogP contribution is 2.26. The molecule has 0 spiro atoms. The maximum atomic E-state index is 13.5. The fourth-order valence-corrected chi connectivity index (χ4v) is 3.63. The number of fused-ring (bicyclic) bond motifs is 1. The Hall–Kier alpha value is -3.65. The second kappa shape index (κ2) is 7.40. The maximum absolute atomic E-state index is 13.5. The molecule has 2 aromatic heterocycles. The van der Waals surface area contributed by atoms with Gasteiger partial charge in [-0.1, -0.05) is 19.1 Å². The molecule has 29 heavy (non-hydrogen) atoms. The molecule has 1 N–H and O–H groups in total. The van der Waals surface area contributed by atoms with Crippen LogP contribution < -0.4 is 0 Å². The van der Waals surface area contributed by atoms with Gasteiger partial charge in [0.25, 0.3) is 0 Å². The van der Waals surface area contributed by atoms with Gasteiger partial charge in [-0.15, -0.1) is 0 Å². The second-order valence-electron chi connectivity index (χ2n) is 7.10. The summed E-state index contributed by atoms with van der Waals surface area (Å²) >= 11 is 0. The van der Waals surface area contributed by atoms with Crippen LogP contribution in [0.3, 0.4) is 0 Å². The summed E-state index contributed by atoms with van der Waals surface area (Å²) < 4.78 is 15.6. The maximum Gasteiger partial charge on any atom is 0.149 e. The largest absolute Gasteiger partial charge is 0.337 e. The number of hydrogen-bond acceptors (Lipinski definition) is 2. The zero-order chi connectivity index (χ0) is 20.5. The SMILES string of the molecule is CCc1ccc(-n2c(C)cc(/C=C(/C#N)c3nc4ccc(F)cc4[nH]3)c2C)cc1. The van der Waals surface area contributed by atoms with Gasteiger partial charge in [-0.2, -0.15) is 5.26 Å². The summed E-state index contributed by atoms with van der Waals surface area (Å²) in [6, 6.07) is 17.1. The lowest BCUT2D eigenvalue weighted by Crippen LogP contribution is -1.99. The second-order valence-corrected chi connectivity index (χ2v) is 7.10. The van der Waals surface area contributed by atoms with Gasteiger partial charge in [0, 0.05) is 17.1 Å². The highest BCUT2D eigenvalue weighted by molar-refractivity contribution is 5.90. The first kappa shape index (κ1) is 18.7. The van der Waals surface area contributed by atoms with Crippen molar-refractivity contribution in [3.63, 3.8) is 0 Å². The molecule has 0 fully saturated rings. The van der Waals surface area contributed by atoms with E-state index in [1.54, 1.807) is 6.07 Å². The fraction of sp³-hybridized carbons (Fsp3) is 0.167. The monoisotopic (exact) mass is 384 g/mol. The van der Waals surface area contributed by atoms with Crippen LogP contribution in [0.25, 0.3) is 28.4 Å². The summed E-state index contributed by atoms with van der Waals surface area (Å²) in [4.78, 5) is 7.48. The molecule has 0 bridgehead atoms. The van der Waals surface area contributed by atoms with Crippen molar-refractivity contribution >= 4 is 22.7 Å². The molecule has 0 saturated carbocycles. The van der Waals surface area contributed by atoms with Gasteiger partial charge < -0.3 is 9.55 Å². The molecule has 5 heteroatoms. The average molecular weight is 384 g/mol. The van der Waals surface area contributed by atoms with Crippen molar-refractivity contribution in [2.45, 2.75) is 27.2 Å². The van der Waals surface area contributed by atoms with E-state index in [1.807, 2.05) is 19.9 Å². The summed E-state index contributed by atoms with van der Waals surface area (Å²) in [6.45, 7) is 6.23. The minimum absolute atomic E-state index is 0.340. The third-order valence-electron chi connectivity index (χ3n) is 5.19. The minimum atomic E-state index is -0.340. The lowest BCUT2D eigenvalue weighted by Gasteiger charge is -2.10. The van der Waals surface area contributed by atoms with Gasteiger partial charge in [0.2, 0.25) is 0 Å². The van der Waals surface area contributed by atoms with Crippen LogP contribution in [0.1, 0.15) is 35.3 Å². The van der Waals surface area contributed by atoms with Gasteiger partial charge in [-0.25, -0.2) is 9.37 Å². The Balaban J connectivity index is 1.76. The van der Waals surface area contributed by atoms with E-state index in [9.17, 15) is 9.65 Å². The van der Waals surface area contributed by atoms with Crippen LogP contribution in [-0.4, -0.2) is 14.5 Å². The number of nitrogens with zero attached hydrogens (tertiary/aromatic N) is 3. The number of benzene rings is 2. The molecule has 4 rings (SSSR count). The molecule has 2 heterocycles. The highest BCUT2D eigenvalue weighted by Gasteiger charge is 2.13. The van der Waals surface area contributed by atoms with Crippen molar-refractivity contribution in [2.24, 2.45) is 0 Å². The van der Waals surface area contributed by atoms with Crippen LogP contribution in [0.5, 0.6) is 0 Å². The normalized spacial score (nSPS) is 11.8. The Kier molecular flexibility index (Phi) is 4.77. The van der Waals surface area contributed by atoms with Crippen LogP contribution >= 0.6 is 0 Å². The number of aromatic nitrogens is 3. The number of nitriles is 1. The summed E-state index contributed by atoms with van der Waals surface area (Å²) in [7, 11) is 0. The molecule has 0 saturated heterocycles. The average Bonchev–Trinajstić information content (AvgIpc) is 3.26. The lowest BCUT2D eigenvalue weighted by molar-refractivity contribution is 0.629. The van der Waals surface area contributed by atoms with Gasteiger partial charge in [0.05, 0.1) is 16.6 Å². The molecule has 0 atom stereocenters. The zero-order valence-corrected chi connectivity index (χ0v) is 16.6. The molecule has 144 valence electrons. The molecule has 0 aliphatic carbocycles. The molecule has 0 aliphatic rings. The van der Waals surface area contributed by atoms with E-state index in [1.165, 1.54) is 17.7 Å². The number of halogens is 1. The van der Waals surface area contributed by atoms with Crippen molar-refractivity contribution in [1.82, 2.24) is 14.5 Å². The molecule has 0 aliphatic heterocycles. The van der Waals surface area contributed by atoms with E-state index in [0.29, 0.717) is 22.4 Å². The number of imidazole rings is 1. The smallest absolute Gasteiger partial charge is 0.149 e. The van der Waals surface area contributed by atoms with Crippen molar-refractivity contribution in [3.05, 3.63) is 82.7 Å². The summed E-state index contributed by atoms with van der Waals surface area (Å²) in [6.07, 6.45) is 2.83. The van der Waals surface area contributed by atoms with Gasteiger partial charge >= 0.3 is 0 Å². The van der Waals surface area contributed by atoms with Crippen molar-refractivity contribution in [2.75, 3.05) is 0 Å². The Morgan fingerprint density at radius 3 is 2.62 bits per heavy atom. The summed E-state index contributed by atoms with van der Waals surface area (Å²) in [5, 5.41) is 9.70.